The number of aromatic nitrogens is 2. The van der Waals surface area contributed by atoms with Gasteiger partial charge in [-0.15, -0.1) is 0 Å². The average molecular weight is 921 g/mol. The van der Waals surface area contributed by atoms with Crippen LogP contribution in [0, 0.1) is 5.82 Å². The molecule has 6 aromatic rings. The third kappa shape index (κ3) is 13.2. The van der Waals surface area contributed by atoms with Crippen LogP contribution in [-0.2, 0) is 32.7 Å². The molecule has 0 fully saturated rings. The molecule has 66 heavy (non-hydrogen) atoms. The van der Waals surface area contributed by atoms with Gasteiger partial charge in [-0.3, -0.25) is 28.8 Å². The molecule has 0 radical (unpaired) electrons. The van der Waals surface area contributed by atoms with Gasteiger partial charge in [0.15, 0.2) is 0 Å². The lowest BCUT2D eigenvalue weighted by atomic mass is 10.0. The summed E-state index contributed by atoms with van der Waals surface area (Å²) in [5.41, 5.74) is 13.8. The molecule has 344 valence electrons. The molecule has 0 aliphatic carbocycles. The smallest absolute Gasteiger partial charge is 0.327 e. The number of imide groups is 1. The van der Waals surface area contributed by atoms with Gasteiger partial charge in [-0.05, 0) is 103 Å². The zero-order valence-corrected chi connectivity index (χ0v) is 36.5. The van der Waals surface area contributed by atoms with Crippen LogP contribution < -0.4 is 31.6 Å². The molecular formula is C48H49FN6O10S. The summed E-state index contributed by atoms with van der Waals surface area (Å²) >= 11 is 0. The van der Waals surface area contributed by atoms with Crippen molar-refractivity contribution >= 4 is 33.7 Å². The SMILES string of the molecule is NCCCOc1ccc(CC(C(=O)O)N(C(=O)CCCCCOc2[nH]c(=O)c(-c3ccccc3)cc2-c2ccc(F)cc2)C(=O)c2ccc(NNCc3ccccc3S(=O)(=O)O)nc2)cc1. The fourth-order valence-electron chi connectivity index (χ4n) is 6.95. The third-order valence-corrected chi connectivity index (χ3v) is 11.3. The minimum atomic E-state index is -4.47. The molecule has 2 heterocycles. The van der Waals surface area contributed by atoms with Gasteiger partial charge >= 0.3 is 5.97 Å². The van der Waals surface area contributed by atoms with E-state index in [1.165, 1.54) is 48.7 Å². The quantitative estimate of drug-likeness (QED) is 0.0224. The Hall–Kier alpha value is -7.25. The molecule has 0 spiro atoms. The Balaban J connectivity index is 1.13. The highest BCUT2D eigenvalue weighted by Gasteiger charge is 2.35. The summed E-state index contributed by atoms with van der Waals surface area (Å²) in [4.78, 5) is 61.8. The van der Waals surface area contributed by atoms with Crippen molar-refractivity contribution in [3.63, 3.8) is 0 Å². The molecule has 18 heteroatoms. The molecule has 0 aliphatic rings. The van der Waals surface area contributed by atoms with Gasteiger partial charge in [0, 0.05) is 36.7 Å². The normalized spacial score (nSPS) is 11.7. The number of pyridine rings is 2. The third-order valence-electron chi connectivity index (χ3n) is 10.3. The number of benzene rings is 4. The summed E-state index contributed by atoms with van der Waals surface area (Å²) in [7, 11) is -4.47. The molecule has 0 bridgehead atoms. The number of rotatable bonds is 23. The van der Waals surface area contributed by atoms with Crippen molar-refractivity contribution in [1.82, 2.24) is 20.3 Å². The van der Waals surface area contributed by atoms with Gasteiger partial charge < -0.3 is 25.7 Å². The molecule has 6 rings (SSSR count). The van der Waals surface area contributed by atoms with Crippen LogP contribution in [0.25, 0.3) is 22.3 Å². The number of hydrogen-bond acceptors (Lipinski definition) is 12. The highest BCUT2D eigenvalue weighted by Crippen LogP contribution is 2.31. The number of anilines is 1. The van der Waals surface area contributed by atoms with Gasteiger partial charge in [-0.2, -0.15) is 8.42 Å². The maximum atomic E-state index is 14.2. The van der Waals surface area contributed by atoms with Crippen LogP contribution in [0.15, 0.2) is 137 Å². The Morgan fingerprint density at radius 3 is 2.20 bits per heavy atom. The molecule has 1 unspecified atom stereocenters. The van der Waals surface area contributed by atoms with Crippen LogP contribution in [-0.4, -0.2) is 76.5 Å². The van der Waals surface area contributed by atoms with Gasteiger partial charge in [0.05, 0.1) is 23.7 Å². The largest absolute Gasteiger partial charge is 0.494 e. The van der Waals surface area contributed by atoms with Crippen molar-refractivity contribution < 1.29 is 46.3 Å². The van der Waals surface area contributed by atoms with Crippen molar-refractivity contribution in [2.75, 3.05) is 25.2 Å². The van der Waals surface area contributed by atoms with Gasteiger partial charge in [-0.25, -0.2) is 19.6 Å². The second-order valence-electron chi connectivity index (χ2n) is 15.0. The molecule has 4 aromatic carbocycles. The number of carboxylic acid groups (broad SMARTS) is 1. The lowest BCUT2D eigenvalue weighted by molar-refractivity contribution is -0.148. The molecule has 1 atom stereocenters. The summed E-state index contributed by atoms with van der Waals surface area (Å²) < 4.78 is 58.6. The zero-order valence-electron chi connectivity index (χ0n) is 35.7. The zero-order chi connectivity index (χ0) is 47.1. The van der Waals surface area contributed by atoms with E-state index in [4.69, 9.17) is 15.2 Å². The number of ether oxygens (including phenoxy) is 2. The first-order valence-corrected chi connectivity index (χ1v) is 22.5. The highest BCUT2D eigenvalue weighted by atomic mass is 32.2. The number of carbonyl (C=O) groups is 3. The maximum Gasteiger partial charge on any atom is 0.327 e. The van der Waals surface area contributed by atoms with Crippen LogP contribution in [0.2, 0.25) is 0 Å². The lowest BCUT2D eigenvalue weighted by Crippen LogP contribution is -2.49. The van der Waals surface area contributed by atoms with E-state index in [1.807, 2.05) is 18.2 Å². The summed E-state index contributed by atoms with van der Waals surface area (Å²) in [5.74, 6) is -2.50. The number of amides is 2. The van der Waals surface area contributed by atoms with Crippen molar-refractivity contribution in [1.29, 1.82) is 0 Å². The number of unbranched alkanes of at least 4 members (excludes halogenated alkanes) is 2. The van der Waals surface area contributed by atoms with Crippen molar-refractivity contribution in [2.24, 2.45) is 5.73 Å². The minimum Gasteiger partial charge on any atom is -0.494 e. The molecule has 2 aromatic heterocycles. The number of aliphatic carboxylic acids is 1. The fraction of sp³-hybridized carbons (Fsp3) is 0.229. The number of H-pyrrole nitrogens is 1. The second kappa shape index (κ2) is 23.1. The molecular weight excluding hydrogens is 872 g/mol. The Morgan fingerprint density at radius 2 is 1.52 bits per heavy atom. The first-order valence-electron chi connectivity index (χ1n) is 21.0. The molecule has 0 saturated carbocycles. The van der Waals surface area contributed by atoms with E-state index in [-0.39, 0.29) is 65.7 Å². The predicted octanol–water partition coefficient (Wildman–Crippen LogP) is 6.64. The number of halogens is 1. The lowest BCUT2D eigenvalue weighted by Gasteiger charge is -2.28. The Labute approximate surface area is 380 Å². The monoisotopic (exact) mass is 920 g/mol. The number of hydrogen-bond donors (Lipinski definition) is 6. The van der Waals surface area contributed by atoms with Gasteiger partial charge in [0.1, 0.15) is 23.4 Å². The Bertz CT molecular complexity index is 2760. The average Bonchev–Trinajstić information content (AvgIpc) is 3.31. The summed E-state index contributed by atoms with van der Waals surface area (Å²) in [6, 6.07) is 30.3. The van der Waals surface area contributed by atoms with E-state index >= 15 is 0 Å². The first kappa shape index (κ1) is 48.2. The topological polar surface area (TPSA) is 243 Å². The van der Waals surface area contributed by atoms with Crippen LogP contribution >= 0.6 is 0 Å². The Kier molecular flexibility index (Phi) is 16.9. The molecule has 16 nitrogen and oxygen atoms in total. The number of nitrogens with two attached hydrogens (primary N) is 1. The maximum absolute atomic E-state index is 14.2. The van der Waals surface area contributed by atoms with Crippen LogP contribution in [0.3, 0.4) is 0 Å². The molecule has 0 aliphatic heterocycles. The Morgan fingerprint density at radius 1 is 0.818 bits per heavy atom. The summed E-state index contributed by atoms with van der Waals surface area (Å²) in [6.45, 7) is 0.945. The second-order valence-corrected chi connectivity index (χ2v) is 16.4. The van der Waals surface area contributed by atoms with E-state index in [0.717, 1.165) is 4.90 Å². The van der Waals surface area contributed by atoms with Gasteiger partial charge in [-0.1, -0.05) is 72.8 Å². The number of carbonyl (C=O) groups excluding carboxylic acids is 2. The van der Waals surface area contributed by atoms with Crippen molar-refractivity contribution in [2.45, 2.75) is 56.0 Å². The van der Waals surface area contributed by atoms with Crippen LogP contribution in [0.1, 0.15) is 53.6 Å². The number of nitrogens with one attached hydrogen (secondary N) is 3. The fourth-order valence-corrected chi connectivity index (χ4v) is 7.68. The highest BCUT2D eigenvalue weighted by molar-refractivity contribution is 7.85. The molecule has 7 N–H and O–H groups in total. The molecule has 2 amide bonds. The van der Waals surface area contributed by atoms with Gasteiger partial charge in [0.25, 0.3) is 21.6 Å². The van der Waals surface area contributed by atoms with E-state index in [9.17, 15) is 41.6 Å². The number of carboxylic acids is 1. The summed E-state index contributed by atoms with van der Waals surface area (Å²) in [6.07, 6.45) is 2.54. The van der Waals surface area contributed by atoms with E-state index in [2.05, 4.69) is 20.8 Å². The van der Waals surface area contributed by atoms with Gasteiger partial charge in [0.2, 0.25) is 11.8 Å². The van der Waals surface area contributed by atoms with E-state index in [0.29, 0.717) is 66.0 Å². The van der Waals surface area contributed by atoms with E-state index in [1.54, 1.807) is 60.7 Å². The standard InChI is InChI=1S/C48H49FN6O10S/c49-37-20-17-34(18-21-37)40-29-39(33-10-3-1-4-11-33)45(57)53-46(40)65-26-8-2-5-14-44(56)55(41(48(59)60)28-32-15-22-38(23-16-32)64-27-9-25-50)47(58)36-19-24-43(51-30-36)54-52-31-35-12-6-7-13-42(35)66(61,62)63/h1,3-4,6-7,10-13,15-24,29-30,41,52H,2,5,8-9,14,25-28,31,50H2,(H,51,54)(H,53,57)(H,59,60)(H,61,62,63). The predicted molar refractivity (Wildman–Crippen MR) is 245 cm³/mol. The number of aromatic amines is 1. The first-order chi connectivity index (χ1) is 31.8. The van der Waals surface area contributed by atoms with Crippen LogP contribution in [0.5, 0.6) is 11.6 Å². The number of nitrogens with zero attached hydrogens (tertiary/aromatic N) is 2. The molecule has 0 saturated heterocycles. The van der Waals surface area contributed by atoms with E-state index < -0.39 is 39.8 Å². The number of hydrazine groups is 1. The van der Waals surface area contributed by atoms with Crippen molar-refractivity contribution in [3.8, 4) is 33.9 Å². The minimum absolute atomic E-state index is 0.0355. The summed E-state index contributed by atoms with van der Waals surface area (Å²) in [5, 5.41) is 10.5. The van der Waals surface area contributed by atoms with Crippen LogP contribution in [0.4, 0.5) is 10.2 Å². The van der Waals surface area contributed by atoms with Crippen molar-refractivity contribution in [3.05, 3.63) is 160 Å².